The summed E-state index contributed by atoms with van der Waals surface area (Å²) >= 11 is 0. The largest absolute Gasteiger partial charge is 0.462 e. The lowest BCUT2D eigenvalue weighted by molar-refractivity contribution is 0.0526. The van der Waals surface area contributed by atoms with Crippen molar-refractivity contribution in [2.24, 2.45) is 9.98 Å². The van der Waals surface area contributed by atoms with E-state index in [1.165, 1.54) is 5.56 Å². The summed E-state index contributed by atoms with van der Waals surface area (Å²) in [6.07, 6.45) is 0.968. The normalized spacial score (nSPS) is 15.0. The van der Waals surface area contributed by atoms with Gasteiger partial charge in [-0.3, -0.25) is 0 Å². The lowest BCUT2D eigenvalue weighted by Gasteiger charge is -2.40. The number of esters is 1. The number of amidine groups is 2. The van der Waals surface area contributed by atoms with Gasteiger partial charge >= 0.3 is 5.97 Å². The molecule has 2 aliphatic rings. The van der Waals surface area contributed by atoms with E-state index in [9.17, 15) is 4.79 Å². The minimum atomic E-state index is -0.347. The maximum atomic E-state index is 12.2. The molecular weight excluding hydrogens is 548 g/mol. The van der Waals surface area contributed by atoms with Gasteiger partial charge in [-0.1, -0.05) is 61.5 Å². The summed E-state index contributed by atoms with van der Waals surface area (Å²) in [7, 11) is 0. The molecule has 218 valence electrons. The summed E-state index contributed by atoms with van der Waals surface area (Å²) in [5.74, 6) is 1.72. The Morgan fingerprint density at radius 2 is 1.59 bits per heavy atom. The summed E-state index contributed by atoms with van der Waals surface area (Å²) in [4.78, 5) is 24.9. The first-order valence-corrected chi connectivity index (χ1v) is 14.9. The molecule has 1 atom stereocenters. The zero-order valence-electron chi connectivity index (χ0n) is 24.9. The van der Waals surface area contributed by atoms with Crippen LogP contribution in [-0.4, -0.2) is 34.0 Å². The van der Waals surface area contributed by atoms with E-state index in [0.717, 1.165) is 51.8 Å². The average molecular weight is 581 g/mol. The maximum absolute atomic E-state index is 12.2. The second kappa shape index (κ2) is 11.3. The van der Waals surface area contributed by atoms with Crippen molar-refractivity contribution in [2.75, 3.05) is 16.8 Å². The van der Waals surface area contributed by atoms with Gasteiger partial charge in [-0.15, -0.1) is 0 Å². The molecule has 7 rings (SSSR count). The second-order valence-corrected chi connectivity index (χ2v) is 10.7. The van der Waals surface area contributed by atoms with Crippen molar-refractivity contribution in [3.8, 4) is 5.69 Å². The summed E-state index contributed by atoms with van der Waals surface area (Å²) in [5.41, 5.74) is 8.41. The quantitative estimate of drug-likeness (QED) is 0.208. The number of carbonyl (C=O) groups excluding carboxylic acids is 1. The summed E-state index contributed by atoms with van der Waals surface area (Å²) < 4.78 is 7.09. The second-order valence-electron chi connectivity index (χ2n) is 10.7. The number of hydrogen-bond acceptors (Lipinski definition) is 7. The molecule has 8 heteroatoms. The molecule has 0 aliphatic carbocycles. The molecule has 5 aromatic rings. The third kappa shape index (κ3) is 4.74. The van der Waals surface area contributed by atoms with Gasteiger partial charge < -0.3 is 15.0 Å². The van der Waals surface area contributed by atoms with Crippen LogP contribution in [0.3, 0.4) is 0 Å². The Morgan fingerprint density at radius 1 is 0.864 bits per heavy atom. The van der Waals surface area contributed by atoms with Crippen LogP contribution >= 0.6 is 0 Å². The Labute approximate surface area is 256 Å². The SMILES string of the molecule is CCOC(=O)c1ccc(NC2=Nc3ccccc3N3C2=Nc2c(c(C)nn2-c2ccccc2)[C@@H]3c2ccc(CC)cc2)cc1. The van der Waals surface area contributed by atoms with Crippen molar-refractivity contribution in [3.63, 3.8) is 0 Å². The number of aliphatic imine (C=N–C) groups is 2. The highest BCUT2D eigenvalue weighted by molar-refractivity contribution is 6.51. The fourth-order valence-corrected chi connectivity index (χ4v) is 5.84. The highest BCUT2D eigenvalue weighted by atomic mass is 16.5. The number of aryl methyl sites for hydroxylation is 2. The molecule has 0 saturated carbocycles. The van der Waals surface area contributed by atoms with E-state index in [1.807, 2.05) is 65.3 Å². The minimum absolute atomic E-state index is 0.194. The molecule has 44 heavy (non-hydrogen) atoms. The van der Waals surface area contributed by atoms with Crippen molar-refractivity contribution in [1.29, 1.82) is 0 Å². The van der Waals surface area contributed by atoms with Crippen molar-refractivity contribution >= 4 is 40.5 Å². The van der Waals surface area contributed by atoms with Crippen LogP contribution < -0.4 is 10.2 Å². The van der Waals surface area contributed by atoms with Crippen LogP contribution in [0.4, 0.5) is 22.9 Å². The van der Waals surface area contributed by atoms with E-state index in [4.69, 9.17) is 19.8 Å². The van der Waals surface area contributed by atoms with Crippen molar-refractivity contribution in [3.05, 3.63) is 131 Å². The monoisotopic (exact) mass is 580 g/mol. The van der Waals surface area contributed by atoms with Crippen LogP contribution in [-0.2, 0) is 11.2 Å². The molecule has 0 fully saturated rings. The topological polar surface area (TPSA) is 84.1 Å². The molecule has 0 unspecified atom stereocenters. The summed E-state index contributed by atoms with van der Waals surface area (Å²) in [6.45, 7) is 6.35. The minimum Gasteiger partial charge on any atom is -0.462 e. The zero-order chi connectivity index (χ0) is 30.2. The standard InChI is InChI=1S/C36H32N6O2/c1-4-24-15-17-25(18-16-24)32-31-23(3)40-42(28-11-7-6-8-12-28)34(31)39-35-33(38-29-13-9-10-14-30(29)41(32)35)37-27-21-19-26(20-22-27)36(43)44-5-2/h6-22,32H,4-5H2,1-3H3,(H,37,38)/t32-/m0/s1. The predicted molar refractivity (Wildman–Crippen MR) is 175 cm³/mol. The van der Waals surface area contributed by atoms with Gasteiger partial charge in [0, 0.05) is 11.3 Å². The molecule has 0 bridgehead atoms. The fourth-order valence-electron chi connectivity index (χ4n) is 5.84. The number of benzene rings is 4. The van der Waals surface area contributed by atoms with Gasteiger partial charge in [0.1, 0.15) is 0 Å². The molecule has 0 spiro atoms. The number of nitrogens with zero attached hydrogens (tertiary/aromatic N) is 5. The lowest BCUT2D eigenvalue weighted by atomic mass is 9.92. The van der Waals surface area contributed by atoms with Gasteiger partial charge in [-0.05, 0) is 79.9 Å². The first kappa shape index (κ1) is 27.3. The number of anilines is 2. The van der Waals surface area contributed by atoms with E-state index >= 15 is 0 Å². The first-order chi connectivity index (χ1) is 21.6. The number of hydrogen-bond donors (Lipinski definition) is 1. The van der Waals surface area contributed by atoms with Gasteiger partial charge in [-0.2, -0.15) is 5.10 Å². The molecular formula is C36H32N6O2. The van der Waals surface area contributed by atoms with Gasteiger partial charge in [0.25, 0.3) is 0 Å². The molecule has 1 N–H and O–H groups in total. The van der Waals surface area contributed by atoms with Gasteiger partial charge in [0.2, 0.25) is 0 Å². The van der Waals surface area contributed by atoms with Gasteiger partial charge in [0.15, 0.2) is 17.5 Å². The van der Waals surface area contributed by atoms with Gasteiger partial charge in [-0.25, -0.2) is 19.5 Å². The number of nitrogens with one attached hydrogen (secondary N) is 1. The van der Waals surface area contributed by atoms with Crippen molar-refractivity contribution in [1.82, 2.24) is 9.78 Å². The molecule has 3 heterocycles. The molecule has 0 amide bonds. The van der Waals surface area contributed by atoms with Crippen LogP contribution in [0, 0.1) is 6.92 Å². The van der Waals surface area contributed by atoms with E-state index in [-0.39, 0.29) is 12.0 Å². The van der Waals surface area contributed by atoms with Crippen LogP contribution in [0.25, 0.3) is 5.69 Å². The van der Waals surface area contributed by atoms with Gasteiger partial charge in [0.05, 0.1) is 41.0 Å². The fraction of sp³-hybridized carbons (Fsp3) is 0.167. The number of aromatic nitrogens is 2. The highest BCUT2D eigenvalue weighted by Gasteiger charge is 2.41. The Morgan fingerprint density at radius 3 is 2.32 bits per heavy atom. The smallest absolute Gasteiger partial charge is 0.338 e. The molecule has 0 saturated heterocycles. The molecule has 0 radical (unpaired) electrons. The Bertz CT molecular complexity index is 1910. The van der Waals surface area contributed by atoms with Crippen molar-refractivity contribution in [2.45, 2.75) is 33.2 Å². The molecule has 2 aliphatic heterocycles. The third-order valence-corrected chi connectivity index (χ3v) is 8.00. The van der Waals surface area contributed by atoms with Crippen LogP contribution in [0.1, 0.15) is 52.6 Å². The van der Waals surface area contributed by atoms with Crippen LogP contribution in [0.15, 0.2) is 113 Å². The number of rotatable bonds is 6. The Kier molecular flexibility index (Phi) is 7.02. The summed E-state index contributed by atoms with van der Waals surface area (Å²) in [5, 5.41) is 8.52. The number of carbonyl (C=O) groups is 1. The molecule has 8 nitrogen and oxygen atoms in total. The zero-order valence-corrected chi connectivity index (χ0v) is 24.9. The Hall–Kier alpha value is -5.50. The molecule has 1 aromatic heterocycles. The third-order valence-electron chi connectivity index (χ3n) is 8.00. The Balaban J connectivity index is 1.41. The summed E-state index contributed by atoms with van der Waals surface area (Å²) in [6, 6.07) is 34.1. The van der Waals surface area contributed by atoms with Crippen molar-refractivity contribution < 1.29 is 9.53 Å². The first-order valence-electron chi connectivity index (χ1n) is 14.9. The lowest BCUT2D eigenvalue weighted by Crippen LogP contribution is -2.46. The molecule has 4 aromatic carbocycles. The van der Waals surface area contributed by atoms with E-state index in [1.54, 1.807) is 19.1 Å². The number of fused-ring (bicyclic) bond motifs is 4. The van der Waals surface area contributed by atoms with Crippen LogP contribution in [0.2, 0.25) is 0 Å². The predicted octanol–water partition coefficient (Wildman–Crippen LogP) is 7.72. The van der Waals surface area contributed by atoms with E-state index < -0.39 is 0 Å². The van der Waals surface area contributed by atoms with E-state index in [2.05, 4.69) is 54.4 Å². The highest BCUT2D eigenvalue weighted by Crippen LogP contribution is 2.48. The van der Waals surface area contributed by atoms with Crippen LogP contribution in [0.5, 0.6) is 0 Å². The average Bonchev–Trinajstić information content (AvgIpc) is 3.40. The number of ether oxygens (including phenoxy) is 1. The number of para-hydroxylation sites is 3. The maximum Gasteiger partial charge on any atom is 0.338 e. The van der Waals surface area contributed by atoms with E-state index in [0.29, 0.717) is 23.8 Å².